The molecule has 2 saturated heterocycles. The standard InChI is InChI=1S/C26H38O8/c1-13-10-9-11-25(7,33-16(4)29)22-18-19(17(12-13)31-22)26(8)23(34-26)21(30-14(2)27)20(18)24(5,6)32-15(3)28/h10,17-23H,9,11-12H2,1-8H3. The third kappa shape index (κ3) is 4.17. The largest absolute Gasteiger partial charge is 0.459 e. The van der Waals surface area contributed by atoms with Gasteiger partial charge in [-0.25, -0.2) is 0 Å². The molecular formula is C26H38O8. The molecule has 0 aromatic rings. The first kappa shape index (κ1) is 25.2. The van der Waals surface area contributed by atoms with Gasteiger partial charge in [0.25, 0.3) is 0 Å². The van der Waals surface area contributed by atoms with Gasteiger partial charge in [-0.15, -0.1) is 0 Å². The third-order valence-electron chi connectivity index (χ3n) is 8.25. The number of hydrogen-bond acceptors (Lipinski definition) is 8. The normalized spacial score (nSPS) is 43.2. The highest BCUT2D eigenvalue weighted by Gasteiger charge is 2.78. The molecule has 4 aliphatic rings. The number of ether oxygens (including phenoxy) is 5. The van der Waals surface area contributed by atoms with Crippen molar-refractivity contribution >= 4 is 17.9 Å². The molecule has 9 atom stereocenters. The number of epoxide rings is 1. The lowest BCUT2D eigenvalue weighted by atomic mass is 9.57. The van der Waals surface area contributed by atoms with E-state index >= 15 is 0 Å². The Morgan fingerprint density at radius 1 is 1.06 bits per heavy atom. The lowest BCUT2D eigenvalue weighted by Gasteiger charge is -2.50. The number of carbonyl (C=O) groups is 3. The van der Waals surface area contributed by atoms with E-state index in [4.69, 9.17) is 23.7 Å². The molecule has 190 valence electrons. The van der Waals surface area contributed by atoms with Crippen molar-refractivity contribution in [3.05, 3.63) is 11.6 Å². The van der Waals surface area contributed by atoms with Crippen LogP contribution in [0.25, 0.3) is 0 Å². The maximum atomic E-state index is 12.2. The minimum atomic E-state index is -0.981. The van der Waals surface area contributed by atoms with E-state index in [2.05, 4.69) is 13.0 Å². The van der Waals surface area contributed by atoms with E-state index in [-0.39, 0.29) is 30.0 Å². The predicted octanol–water partition coefficient (Wildman–Crippen LogP) is 3.50. The van der Waals surface area contributed by atoms with E-state index in [9.17, 15) is 14.4 Å². The van der Waals surface area contributed by atoms with Gasteiger partial charge in [-0.05, 0) is 53.9 Å². The Hall–Kier alpha value is -1.93. The quantitative estimate of drug-likeness (QED) is 0.262. The van der Waals surface area contributed by atoms with E-state index in [1.165, 1.54) is 26.3 Å². The summed E-state index contributed by atoms with van der Waals surface area (Å²) in [5, 5.41) is 0. The zero-order chi connectivity index (χ0) is 25.2. The summed E-state index contributed by atoms with van der Waals surface area (Å²) in [6.45, 7) is 13.9. The van der Waals surface area contributed by atoms with Crippen LogP contribution in [0.15, 0.2) is 11.6 Å². The van der Waals surface area contributed by atoms with Crippen LogP contribution in [0.5, 0.6) is 0 Å². The van der Waals surface area contributed by atoms with Gasteiger partial charge in [-0.1, -0.05) is 11.6 Å². The summed E-state index contributed by atoms with van der Waals surface area (Å²) in [6, 6.07) is 0. The second kappa shape index (κ2) is 8.33. The molecule has 9 unspecified atom stereocenters. The van der Waals surface area contributed by atoms with Crippen LogP contribution in [0.4, 0.5) is 0 Å². The summed E-state index contributed by atoms with van der Waals surface area (Å²) in [5.74, 6) is -1.91. The van der Waals surface area contributed by atoms with Crippen LogP contribution in [-0.2, 0) is 38.1 Å². The van der Waals surface area contributed by atoms with Gasteiger partial charge < -0.3 is 23.7 Å². The lowest BCUT2D eigenvalue weighted by Crippen LogP contribution is -2.62. The molecule has 8 nitrogen and oxygen atoms in total. The van der Waals surface area contributed by atoms with Crippen molar-refractivity contribution in [2.75, 3.05) is 0 Å². The molecule has 8 heteroatoms. The number of hydrogen-bond donors (Lipinski definition) is 0. The Bertz CT molecular complexity index is 908. The van der Waals surface area contributed by atoms with Crippen molar-refractivity contribution in [2.45, 2.75) is 116 Å². The Balaban J connectivity index is 1.88. The number of carbonyl (C=O) groups excluding carboxylic acids is 3. The van der Waals surface area contributed by atoms with Gasteiger partial charge in [0.1, 0.15) is 35.1 Å². The van der Waals surface area contributed by atoms with Crippen LogP contribution in [0.1, 0.15) is 74.7 Å². The zero-order valence-corrected chi connectivity index (χ0v) is 21.5. The Kier molecular flexibility index (Phi) is 6.17. The first-order chi connectivity index (χ1) is 15.7. The minimum Gasteiger partial charge on any atom is -0.459 e. The number of rotatable bonds is 4. The second-order valence-corrected chi connectivity index (χ2v) is 11.4. The molecule has 34 heavy (non-hydrogen) atoms. The summed E-state index contributed by atoms with van der Waals surface area (Å²) in [5.41, 5.74) is -1.22. The van der Waals surface area contributed by atoms with Crippen molar-refractivity contribution < 1.29 is 38.1 Å². The molecular weight excluding hydrogens is 440 g/mol. The number of esters is 3. The van der Waals surface area contributed by atoms with Gasteiger partial charge in [0.05, 0.1) is 6.10 Å². The smallest absolute Gasteiger partial charge is 0.303 e. The van der Waals surface area contributed by atoms with Gasteiger partial charge in [0.15, 0.2) is 0 Å². The highest BCUT2D eigenvalue weighted by molar-refractivity contribution is 5.67. The second-order valence-electron chi connectivity index (χ2n) is 11.4. The van der Waals surface area contributed by atoms with Crippen LogP contribution < -0.4 is 0 Å². The molecule has 3 heterocycles. The van der Waals surface area contributed by atoms with Crippen LogP contribution in [0.2, 0.25) is 0 Å². The van der Waals surface area contributed by atoms with Crippen LogP contribution in [-0.4, -0.2) is 59.1 Å². The molecule has 0 aromatic carbocycles. The molecule has 0 spiro atoms. The van der Waals surface area contributed by atoms with Crippen molar-refractivity contribution in [1.82, 2.24) is 0 Å². The minimum absolute atomic E-state index is 0.0505. The van der Waals surface area contributed by atoms with Crippen LogP contribution in [0, 0.1) is 17.8 Å². The van der Waals surface area contributed by atoms with E-state index in [0.29, 0.717) is 6.42 Å². The fraction of sp³-hybridized carbons (Fsp3) is 0.808. The van der Waals surface area contributed by atoms with Gasteiger partial charge in [-0.2, -0.15) is 0 Å². The van der Waals surface area contributed by atoms with Crippen LogP contribution >= 0.6 is 0 Å². The molecule has 2 bridgehead atoms. The zero-order valence-electron chi connectivity index (χ0n) is 21.5. The molecule has 1 saturated carbocycles. The van der Waals surface area contributed by atoms with Crippen molar-refractivity contribution in [1.29, 1.82) is 0 Å². The predicted molar refractivity (Wildman–Crippen MR) is 122 cm³/mol. The molecule has 4 rings (SSSR count). The molecule has 0 N–H and O–H groups in total. The molecule has 0 aromatic heterocycles. The molecule has 0 radical (unpaired) electrons. The summed E-state index contributed by atoms with van der Waals surface area (Å²) >= 11 is 0. The van der Waals surface area contributed by atoms with Crippen molar-refractivity contribution in [2.24, 2.45) is 17.8 Å². The van der Waals surface area contributed by atoms with Gasteiger partial charge in [0.2, 0.25) is 0 Å². The fourth-order valence-corrected chi connectivity index (χ4v) is 7.21. The van der Waals surface area contributed by atoms with E-state index in [1.54, 1.807) is 0 Å². The number of fused-ring (bicyclic) bond motifs is 7. The summed E-state index contributed by atoms with van der Waals surface area (Å²) in [6.07, 6.45) is 2.68. The van der Waals surface area contributed by atoms with Crippen molar-refractivity contribution in [3.63, 3.8) is 0 Å². The van der Waals surface area contributed by atoms with Gasteiger partial charge in [0, 0.05) is 38.5 Å². The Labute approximate surface area is 201 Å². The molecule has 1 aliphatic carbocycles. The highest BCUT2D eigenvalue weighted by Crippen LogP contribution is 2.65. The summed E-state index contributed by atoms with van der Waals surface area (Å²) in [4.78, 5) is 36.5. The fourth-order valence-electron chi connectivity index (χ4n) is 7.21. The molecule has 0 amide bonds. The monoisotopic (exact) mass is 478 g/mol. The Morgan fingerprint density at radius 3 is 2.32 bits per heavy atom. The number of allylic oxidation sites excluding steroid dienone is 1. The third-order valence-corrected chi connectivity index (χ3v) is 8.25. The van der Waals surface area contributed by atoms with E-state index in [0.717, 1.165) is 12.8 Å². The summed E-state index contributed by atoms with van der Waals surface area (Å²) < 4.78 is 30.8. The average molecular weight is 479 g/mol. The van der Waals surface area contributed by atoms with E-state index in [1.807, 2.05) is 27.7 Å². The van der Waals surface area contributed by atoms with Crippen LogP contribution in [0.3, 0.4) is 0 Å². The first-order valence-electron chi connectivity index (χ1n) is 12.2. The molecule has 3 aliphatic heterocycles. The highest BCUT2D eigenvalue weighted by atomic mass is 16.7. The van der Waals surface area contributed by atoms with Crippen molar-refractivity contribution in [3.8, 4) is 0 Å². The first-order valence-corrected chi connectivity index (χ1v) is 12.2. The maximum absolute atomic E-state index is 12.2. The maximum Gasteiger partial charge on any atom is 0.303 e. The average Bonchev–Trinajstić information content (AvgIpc) is 3.19. The Morgan fingerprint density at radius 2 is 1.74 bits per heavy atom. The SMILES string of the molecule is CC(=O)OC1C(C(C)(C)OC(C)=O)C2C3OC(CC(C)=CCCC3(C)OC(C)=O)C2C2(C)OC12. The lowest BCUT2D eigenvalue weighted by molar-refractivity contribution is -0.197. The molecule has 3 fully saturated rings. The van der Waals surface area contributed by atoms with Gasteiger partial charge >= 0.3 is 17.9 Å². The van der Waals surface area contributed by atoms with Gasteiger partial charge in [-0.3, -0.25) is 14.4 Å². The summed E-state index contributed by atoms with van der Waals surface area (Å²) in [7, 11) is 0. The topological polar surface area (TPSA) is 101 Å². The van der Waals surface area contributed by atoms with E-state index < -0.39 is 46.9 Å².